The molecule has 3 aliphatic heterocycles. The second kappa shape index (κ2) is 43.2. The third-order valence-electron chi connectivity index (χ3n) is 15.8. The Bertz CT molecular complexity index is 1480. The largest absolute Gasteiger partial charge is 0.394 e. The van der Waals surface area contributed by atoms with E-state index in [0.717, 1.165) is 44.9 Å². The molecule has 3 heterocycles. The molecule has 12 N–H and O–H groups in total. The highest BCUT2D eigenvalue weighted by Gasteiger charge is 2.53. The van der Waals surface area contributed by atoms with Crippen LogP contribution in [0.1, 0.15) is 226 Å². The van der Waals surface area contributed by atoms with Crippen LogP contribution in [0, 0.1) is 0 Å². The van der Waals surface area contributed by atoms with Crippen LogP contribution in [0.3, 0.4) is 0 Å². The van der Waals surface area contributed by atoms with Crippen LogP contribution in [0.5, 0.6) is 0 Å². The normalized spacial score (nSPS) is 30.5. The molecule has 19 nitrogen and oxygen atoms in total. The molecule has 3 fully saturated rings. The lowest BCUT2D eigenvalue weighted by Gasteiger charge is -2.48. The number of rotatable bonds is 46. The molecule has 1 amide bonds. The van der Waals surface area contributed by atoms with Gasteiger partial charge >= 0.3 is 0 Å². The molecule has 0 saturated carbocycles. The van der Waals surface area contributed by atoms with Gasteiger partial charge in [0.05, 0.1) is 38.6 Å². The second-order valence-corrected chi connectivity index (χ2v) is 22.5. The van der Waals surface area contributed by atoms with Gasteiger partial charge in [-0.1, -0.05) is 212 Å². The molecular formula is C59H111NO18. The van der Waals surface area contributed by atoms with Crippen LogP contribution < -0.4 is 5.32 Å². The Morgan fingerprint density at radius 3 is 1.21 bits per heavy atom. The van der Waals surface area contributed by atoms with Gasteiger partial charge in [-0.3, -0.25) is 4.79 Å². The maximum absolute atomic E-state index is 13.2. The standard InChI is InChI=1S/C59H111NO18/c1-3-5-7-9-10-11-12-13-14-15-16-17-18-19-20-21-22-23-24-25-26-27-28-29-30-31-33-35-37-47(65)60-42(43(64)36-34-32-8-6-4-2)41-73-57-53(71)50(68)55(45(39-62)75-57)78-59-54(72)51(69)56(46(40-63)76-59)77-58-52(70)49(67)48(66)44(38-61)74-58/h34,36,42-46,48-59,61-64,66-72H,3-33,35,37-41H2,1-2H3,(H,60,65)/b36-34+. The molecule has 0 aromatic rings. The fourth-order valence-corrected chi connectivity index (χ4v) is 10.7. The molecule has 3 saturated heterocycles. The lowest BCUT2D eigenvalue weighted by Crippen LogP contribution is -2.66. The fourth-order valence-electron chi connectivity index (χ4n) is 10.7. The highest BCUT2D eigenvalue weighted by atomic mass is 16.8. The molecule has 0 aliphatic carbocycles. The predicted molar refractivity (Wildman–Crippen MR) is 296 cm³/mol. The lowest BCUT2D eigenvalue weighted by atomic mass is 9.96. The number of unbranched alkanes of at least 4 members (excludes halogenated alkanes) is 30. The summed E-state index contributed by atoms with van der Waals surface area (Å²) in [5.74, 6) is -0.279. The lowest BCUT2D eigenvalue weighted by molar-refractivity contribution is -0.379. The third-order valence-corrected chi connectivity index (χ3v) is 15.8. The van der Waals surface area contributed by atoms with Crippen molar-refractivity contribution in [3.63, 3.8) is 0 Å². The maximum Gasteiger partial charge on any atom is 0.220 e. The number of allylic oxidation sites excluding steroid dienone is 1. The van der Waals surface area contributed by atoms with E-state index >= 15 is 0 Å². The van der Waals surface area contributed by atoms with Crippen LogP contribution >= 0.6 is 0 Å². The number of ether oxygens (including phenoxy) is 6. The number of amides is 1. The number of nitrogens with one attached hydrogen (secondary N) is 1. The zero-order chi connectivity index (χ0) is 56.9. The first kappa shape index (κ1) is 70.8. The van der Waals surface area contributed by atoms with Gasteiger partial charge in [0.15, 0.2) is 18.9 Å². The Kier molecular flexibility index (Phi) is 39.2. The first-order chi connectivity index (χ1) is 37.8. The van der Waals surface area contributed by atoms with Gasteiger partial charge in [0.25, 0.3) is 0 Å². The van der Waals surface area contributed by atoms with Crippen LogP contribution in [0.15, 0.2) is 12.2 Å². The van der Waals surface area contributed by atoms with Gasteiger partial charge in [0.1, 0.15) is 73.2 Å². The average molecular weight is 1120 g/mol. The van der Waals surface area contributed by atoms with Gasteiger partial charge in [0, 0.05) is 6.42 Å². The van der Waals surface area contributed by atoms with Crippen molar-refractivity contribution >= 4 is 5.91 Å². The van der Waals surface area contributed by atoms with Gasteiger partial charge < -0.3 is 89.9 Å². The van der Waals surface area contributed by atoms with E-state index in [2.05, 4.69) is 19.2 Å². The SMILES string of the molecule is CCCCC/C=C/C(O)C(COC1OC(CO)C(OC2OC(CO)C(OC3OC(CO)C(O)C(O)C3O)C(O)C2O)C(O)C1O)NC(=O)CCCCCCCCCCCCCCCCCCCCCCCCCCCCCC. The summed E-state index contributed by atoms with van der Waals surface area (Å²) in [5, 5.41) is 119. The van der Waals surface area contributed by atoms with Crippen LogP contribution in [0.25, 0.3) is 0 Å². The van der Waals surface area contributed by atoms with Gasteiger partial charge in [0.2, 0.25) is 5.91 Å². The highest BCUT2D eigenvalue weighted by molar-refractivity contribution is 5.76. The van der Waals surface area contributed by atoms with Crippen molar-refractivity contribution in [2.45, 2.75) is 330 Å². The van der Waals surface area contributed by atoms with E-state index < -0.39 is 124 Å². The smallest absolute Gasteiger partial charge is 0.220 e. The zero-order valence-corrected chi connectivity index (χ0v) is 47.9. The summed E-state index contributed by atoms with van der Waals surface area (Å²) in [4.78, 5) is 13.2. The Labute approximate surface area is 467 Å². The van der Waals surface area contributed by atoms with Crippen molar-refractivity contribution in [2.24, 2.45) is 0 Å². The van der Waals surface area contributed by atoms with Crippen molar-refractivity contribution in [2.75, 3.05) is 26.4 Å². The molecule has 0 radical (unpaired) electrons. The molecule has 0 aromatic carbocycles. The first-order valence-electron chi connectivity index (χ1n) is 30.9. The summed E-state index contributed by atoms with van der Waals surface area (Å²) in [6.07, 6.45) is 17.3. The number of aliphatic hydroxyl groups is 11. The summed E-state index contributed by atoms with van der Waals surface area (Å²) in [6.45, 7) is 1.61. The Hall–Kier alpha value is -1.47. The monoisotopic (exact) mass is 1120 g/mol. The molecule has 0 bridgehead atoms. The summed E-state index contributed by atoms with van der Waals surface area (Å²) < 4.78 is 34.1. The number of hydrogen-bond acceptors (Lipinski definition) is 18. The first-order valence-corrected chi connectivity index (χ1v) is 30.9. The molecule has 3 aliphatic rings. The van der Waals surface area contributed by atoms with Gasteiger partial charge in [-0.05, 0) is 19.3 Å². The second-order valence-electron chi connectivity index (χ2n) is 22.5. The molecule has 0 spiro atoms. The summed E-state index contributed by atoms with van der Waals surface area (Å²) in [7, 11) is 0. The average Bonchev–Trinajstić information content (AvgIpc) is 3.47. The quantitative estimate of drug-likeness (QED) is 0.0254. The van der Waals surface area contributed by atoms with E-state index in [4.69, 9.17) is 28.4 Å². The predicted octanol–water partition coefficient (Wildman–Crippen LogP) is 5.77. The summed E-state index contributed by atoms with van der Waals surface area (Å²) in [6, 6.07) is -0.964. The molecule has 0 aromatic heterocycles. The summed E-state index contributed by atoms with van der Waals surface area (Å²) in [5.41, 5.74) is 0. The minimum absolute atomic E-state index is 0.247. The van der Waals surface area contributed by atoms with Crippen LogP contribution in [-0.2, 0) is 33.2 Å². The van der Waals surface area contributed by atoms with Gasteiger partial charge in [-0.2, -0.15) is 0 Å². The minimum Gasteiger partial charge on any atom is -0.394 e. The van der Waals surface area contributed by atoms with E-state index in [1.807, 2.05) is 6.08 Å². The summed E-state index contributed by atoms with van der Waals surface area (Å²) >= 11 is 0. The van der Waals surface area contributed by atoms with Crippen molar-refractivity contribution in [1.29, 1.82) is 0 Å². The topological polar surface area (TPSA) is 307 Å². The third kappa shape index (κ3) is 26.8. The molecule has 460 valence electrons. The molecule has 17 atom stereocenters. The van der Waals surface area contributed by atoms with Crippen LogP contribution in [0.4, 0.5) is 0 Å². The van der Waals surface area contributed by atoms with Crippen LogP contribution in [-0.4, -0.2) is 193 Å². The molecule has 19 heteroatoms. The van der Waals surface area contributed by atoms with Crippen molar-refractivity contribution < 1.29 is 89.4 Å². The molecule has 3 rings (SSSR count). The van der Waals surface area contributed by atoms with E-state index in [1.54, 1.807) is 6.08 Å². The molecule has 17 unspecified atom stereocenters. The number of aliphatic hydroxyl groups excluding tert-OH is 11. The van der Waals surface area contributed by atoms with Crippen molar-refractivity contribution in [3.05, 3.63) is 12.2 Å². The van der Waals surface area contributed by atoms with Crippen LogP contribution in [0.2, 0.25) is 0 Å². The van der Waals surface area contributed by atoms with Crippen molar-refractivity contribution in [1.82, 2.24) is 5.32 Å². The minimum atomic E-state index is -1.97. The van der Waals surface area contributed by atoms with E-state index in [-0.39, 0.29) is 18.9 Å². The number of carbonyl (C=O) groups excluding carboxylic acids is 1. The van der Waals surface area contributed by atoms with Gasteiger partial charge in [-0.25, -0.2) is 0 Å². The maximum atomic E-state index is 13.2. The van der Waals surface area contributed by atoms with E-state index in [9.17, 15) is 61.0 Å². The Morgan fingerprint density at radius 1 is 0.449 bits per heavy atom. The Morgan fingerprint density at radius 2 is 0.795 bits per heavy atom. The number of hydrogen-bond donors (Lipinski definition) is 12. The molecule has 78 heavy (non-hydrogen) atoms. The van der Waals surface area contributed by atoms with Gasteiger partial charge in [-0.15, -0.1) is 0 Å². The molecular weight excluding hydrogens is 1010 g/mol. The van der Waals surface area contributed by atoms with E-state index in [1.165, 1.54) is 154 Å². The zero-order valence-electron chi connectivity index (χ0n) is 47.9. The van der Waals surface area contributed by atoms with Crippen molar-refractivity contribution in [3.8, 4) is 0 Å². The number of carbonyl (C=O) groups is 1. The highest BCUT2D eigenvalue weighted by Crippen LogP contribution is 2.33. The fraction of sp³-hybridized carbons (Fsp3) is 0.949. The van der Waals surface area contributed by atoms with E-state index in [0.29, 0.717) is 6.42 Å². The Balaban J connectivity index is 1.32.